The molecule has 0 saturated carbocycles. The predicted molar refractivity (Wildman–Crippen MR) is 81.7 cm³/mol. The summed E-state index contributed by atoms with van der Waals surface area (Å²) in [4.78, 5) is 6.64. The van der Waals surface area contributed by atoms with Crippen LogP contribution in [0.5, 0.6) is 0 Å². The Bertz CT molecular complexity index is 389. The van der Waals surface area contributed by atoms with Gasteiger partial charge in [0.15, 0.2) is 0 Å². The molecule has 19 heavy (non-hydrogen) atoms. The quantitative estimate of drug-likeness (QED) is 0.814. The van der Waals surface area contributed by atoms with E-state index in [4.69, 9.17) is 4.74 Å². The van der Waals surface area contributed by atoms with Crippen LogP contribution in [-0.4, -0.2) is 44.4 Å². The standard InChI is InChI=1S/C14H22BrN3O/c1-19-9-7-17-10-12-4-2-3-8-18(12)14-5-6-16-11-13(14)15/h5-6,11-12,17H,2-4,7-10H2,1H3. The number of aromatic nitrogens is 1. The van der Waals surface area contributed by atoms with Gasteiger partial charge >= 0.3 is 0 Å². The zero-order chi connectivity index (χ0) is 13.5. The largest absolute Gasteiger partial charge is 0.383 e. The van der Waals surface area contributed by atoms with Gasteiger partial charge in [0.05, 0.1) is 16.8 Å². The third kappa shape index (κ3) is 4.16. The van der Waals surface area contributed by atoms with E-state index in [1.165, 1.54) is 24.9 Å². The smallest absolute Gasteiger partial charge is 0.0592 e. The van der Waals surface area contributed by atoms with Crippen LogP contribution in [0, 0.1) is 0 Å². The number of rotatable bonds is 6. The Labute approximate surface area is 123 Å². The molecule has 1 saturated heterocycles. The van der Waals surface area contributed by atoms with E-state index in [9.17, 15) is 0 Å². The third-order valence-corrected chi connectivity index (χ3v) is 4.16. The van der Waals surface area contributed by atoms with Gasteiger partial charge in [0.2, 0.25) is 0 Å². The first kappa shape index (κ1) is 14.8. The summed E-state index contributed by atoms with van der Waals surface area (Å²) < 4.78 is 6.15. The fourth-order valence-corrected chi connectivity index (χ4v) is 3.05. The number of halogens is 1. The van der Waals surface area contributed by atoms with Crippen molar-refractivity contribution in [3.63, 3.8) is 0 Å². The Kier molecular flexibility index (Phi) is 6.07. The summed E-state index contributed by atoms with van der Waals surface area (Å²) in [5, 5.41) is 3.48. The van der Waals surface area contributed by atoms with Crippen molar-refractivity contribution in [1.29, 1.82) is 0 Å². The first-order valence-electron chi connectivity index (χ1n) is 6.88. The number of pyridine rings is 1. The molecule has 5 heteroatoms. The summed E-state index contributed by atoms with van der Waals surface area (Å²) in [5.41, 5.74) is 1.26. The van der Waals surface area contributed by atoms with Gasteiger partial charge in [0.1, 0.15) is 0 Å². The number of piperidine rings is 1. The van der Waals surface area contributed by atoms with Crippen LogP contribution in [0.3, 0.4) is 0 Å². The van der Waals surface area contributed by atoms with Crippen LogP contribution in [0.2, 0.25) is 0 Å². The Morgan fingerprint density at radius 2 is 2.42 bits per heavy atom. The van der Waals surface area contributed by atoms with Gasteiger partial charge in [-0.3, -0.25) is 4.98 Å². The number of hydrogen-bond acceptors (Lipinski definition) is 4. The molecule has 1 aliphatic heterocycles. The van der Waals surface area contributed by atoms with E-state index in [0.29, 0.717) is 6.04 Å². The number of nitrogens with one attached hydrogen (secondary N) is 1. The number of anilines is 1. The van der Waals surface area contributed by atoms with Crippen molar-refractivity contribution in [3.05, 3.63) is 22.9 Å². The zero-order valence-electron chi connectivity index (χ0n) is 11.4. The van der Waals surface area contributed by atoms with E-state index >= 15 is 0 Å². The predicted octanol–water partition coefficient (Wildman–Crippen LogP) is 2.44. The van der Waals surface area contributed by atoms with Crippen molar-refractivity contribution in [2.24, 2.45) is 0 Å². The first-order valence-corrected chi connectivity index (χ1v) is 7.68. The Hall–Kier alpha value is -0.650. The minimum absolute atomic E-state index is 0.560. The summed E-state index contributed by atoms with van der Waals surface area (Å²) in [6, 6.07) is 2.65. The van der Waals surface area contributed by atoms with Crippen molar-refractivity contribution < 1.29 is 4.74 Å². The molecular weight excluding hydrogens is 306 g/mol. The molecule has 2 heterocycles. The second-order valence-corrected chi connectivity index (χ2v) is 5.72. The summed E-state index contributed by atoms with van der Waals surface area (Å²) in [5.74, 6) is 0. The summed E-state index contributed by atoms with van der Waals surface area (Å²) in [7, 11) is 1.74. The van der Waals surface area contributed by atoms with Crippen LogP contribution in [0.1, 0.15) is 19.3 Å². The van der Waals surface area contributed by atoms with E-state index in [1.54, 1.807) is 7.11 Å². The molecule has 2 rings (SSSR count). The molecule has 1 aromatic rings. The van der Waals surface area contributed by atoms with Crippen LogP contribution < -0.4 is 10.2 Å². The molecule has 4 nitrogen and oxygen atoms in total. The Morgan fingerprint density at radius 1 is 1.53 bits per heavy atom. The lowest BCUT2D eigenvalue weighted by atomic mass is 10.0. The Balaban J connectivity index is 1.98. The van der Waals surface area contributed by atoms with Crippen LogP contribution in [0.4, 0.5) is 5.69 Å². The molecule has 0 aromatic carbocycles. The van der Waals surface area contributed by atoms with Gasteiger partial charge in [-0.2, -0.15) is 0 Å². The summed E-state index contributed by atoms with van der Waals surface area (Å²) in [6.45, 7) is 3.82. The average Bonchev–Trinajstić information content (AvgIpc) is 2.45. The van der Waals surface area contributed by atoms with E-state index in [0.717, 1.165) is 30.7 Å². The van der Waals surface area contributed by atoms with E-state index in [-0.39, 0.29) is 0 Å². The summed E-state index contributed by atoms with van der Waals surface area (Å²) in [6.07, 6.45) is 7.57. The lowest BCUT2D eigenvalue weighted by molar-refractivity contribution is 0.198. The minimum atomic E-state index is 0.560. The van der Waals surface area contributed by atoms with Crippen LogP contribution in [0.25, 0.3) is 0 Å². The van der Waals surface area contributed by atoms with Gasteiger partial charge in [0.25, 0.3) is 0 Å². The van der Waals surface area contributed by atoms with Gasteiger partial charge in [-0.15, -0.1) is 0 Å². The van der Waals surface area contributed by atoms with Crippen LogP contribution in [-0.2, 0) is 4.74 Å². The molecule has 1 aliphatic rings. The molecule has 1 aromatic heterocycles. The van der Waals surface area contributed by atoms with Crippen molar-refractivity contribution in [2.75, 3.05) is 38.3 Å². The highest BCUT2D eigenvalue weighted by molar-refractivity contribution is 9.10. The highest BCUT2D eigenvalue weighted by Crippen LogP contribution is 2.30. The highest BCUT2D eigenvalue weighted by atomic mass is 79.9. The first-order chi connectivity index (χ1) is 9.33. The van der Waals surface area contributed by atoms with Crippen LogP contribution >= 0.6 is 15.9 Å². The second-order valence-electron chi connectivity index (χ2n) is 4.87. The van der Waals surface area contributed by atoms with Gasteiger partial charge in [0, 0.05) is 45.2 Å². The number of nitrogens with zero attached hydrogens (tertiary/aromatic N) is 2. The molecule has 0 radical (unpaired) electrons. The second kappa shape index (κ2) is 7.82. The fraction of sp³-hybridized carbons (Fsp3) is 0.643. The molecular formula is C14H22BrN3O. The SMILES string of the molecule is COCCNCC1CCCCN1c1ccncc1Br. The van der Waals surface area contributed by atoms with Crippen LogP contribution in [0.15, 0.2) is 22.9 Å². The summed E-state index contributed by atoms with van der Waals surface area (Å²) >= 11 is 3.61. The zero-order valence-corrected chi connectivity index (χ0v) is 13.0. The molecule has 1 atom stereocenters. The number of hydrogen-bond donors (Lipinski definition) is 1. The molecule has 1 fully saturated rings. The van der Waals surface area contributed by atoms with Crippen molar-refractivity contribution >= 4 is 21.6 Å². The normalized spacial score (nSPS) is 19.7. The monoisotopic (exact) mass is 327 g/mol. The maximum absolute atomic E-state index is 5.07. The fourth-order valence-electron chi connectivity index (χ4n) is 2.57. The topological polar surface area (TPSA) is 37.4 Å². The molecule has 0 aliphatic carbocycles. The molecule has 0 spiro atoms. The molecule has 106 valence electrons. The van der Waals surface area contributed by atoms with E-state index in [1.807, 2.05) is 12.4 Å². The number of methoxy groups -OCH3 is 1. The Morgan fingerprint density at radius 3 is 3.21 bits per heavy atom. The number of ether oxygens (including phenoxy) is 1. The highest BCUT2D eigenvalue weighted by Gasteiger charge is 2.23. The van der Waals surface area contributed by atoms with E-state index < -0.39 is 0 Å². The molecule has 1 N–H and O–H groups in total. The van der Waals surface area contributed by atoms with Gasteiger partial charge in [-0.25, -0.2) is 0 Å². The van der Waals surface area contributed by atoms with E-state index in [2.05, 4.69) is 37.2 Å². The third-order valence-electron chi connectivity index (χ3n) is 3.55. The van der Waals surface area contributed by atoms with Crippen molar-refractivity contribution in [3.8, 4) is 0 Å². The van der Waals surface area contributed by atoms with Crippen molar-refractivity contribution in [2.45, 2.75) is 25.3 Å². The molecule has 0 bridgehead atoms. The maximum Gasteiger partial charge on any atom is 0.0592 e. The maximum atomic E-state index is 5.07. The lowest BCUT2D eigenvalue weighted by Gasteiger charge is -2.38. The minimum Gasteiger partial charge on any atom is -0.383 e. The molecule has 0 amide bonds. The van der Waals surface area contributed by atoms with Gasteiger partial charge < -0.3 is 15.0 Å². The molecule has 1 unspecified atom stereocenters. The van der Waals surface area contributed by atoms with Gasteiger partial charge in [-0.1, -0.05) is 0 Å². The van der Waals surface area contributed by atoms with Gasteiger partial charge in [-0.05, 0) is 41.3 Å². The average molecular weight is 328 g/mol. The lowest BCUT2D eigenvalue weighted by Crippen LogP contribution is -2.46. The van der Waals surface area contributed by atoms with Crippen molar-refractivity contribution in [1.82, 2.24) is 10.3 Å².